The van der Waals surface area contributed by atoms with Gasteiger partial charge in [-0.1, -0.05) is 11.6 Å². The lowest BCUT2D eigenvalue weighted by Crippen LogP contribution is -2.18. The number of halogens is 4. The fourth-order valence-electron chi connectivity index (χ4n) is 0.773. The van der Waals surface area contributed by atoms with Crippen molar-refractivity contribution in [2.75, 3.05) is 0 Å². The van der Waals surface area contributed by atoms with Crippen molar-refractivity contribution in [1.82, 2.24) is 0 Å². The summed E-state index contributed by atoms with van der Waals surface area (Å²) in [5, 5.41) is 0.466. The van der Waals surface area contributed by atoms with Gasteiger partial charge in [0.2, 0.25) is 0 Å². The Kier molecular flexibility index (Phi) is 3.16. The van der Waals surface area contributed by atoms with Crippen LogP contribution < -0.4 is 0 Å². The topological polar surface area (TPSA) is 12.4 Å². The van der Waals surface area contributed by atoms with Crippen LogP contribution in [0, 0.1) is 0 Å². The van der Waals surface area contributed by atoms with E-state index in [1.54, 1.807) is 0 Å². The number of alkyl halides is 3. The number of benzene rings is 1. The number of rotatable bonds is 1. The SMILES string of the molecule is CC(=Nc1ccc(Cl)cc1)C(F)(F)F. The van der Waals surface area contributed by atoms with E-state index in [0.717, 1.165) is 6.92 Å². The van der Waals surface area contributed by atoms with Gasteiger partial charge >= 0.3 is 6.18 Å². The molecule has 0 spiro atoms. The summed E-state index contributed by atoms with van der Waals surface area (Å²) in [6.07, 6.45) is -4.38. The van der Waals surface area contributed by atoms with Gasteiger partial charge in [0.25, 0.3) is 0 Å². The average Bonchev–Trinajstić information content (AvgIpc) is 2.07. The maximum Gasteiger partial charge on any atom is 0.429 e. The maximum absolute atomic E-state index is 12.1. The van der Waals surface area contributed by atoms with E-state index in [1.165, 1.54) is 24.3 Å². The molecular formula is C9H7ClF3N. The molecule has 0 aromatic heterocycles. The van der Waals surface area contributed by atoms with Crippen LogP contribution in [-0.2, 0) is 0 Å². The number of aliphatic imine (C=N–C) groups is 1. The van der Waals surface area contributed by atoms with Crippen LogP contribution in [0.5, 0.6) is 0 Å². The highest BCUT2D eigenvalue weighted by Gasteiger charge is 2.31. The molecule has 5 heteroatoms. The molecule has 1 aromatic carbocycles. The lowest BCUT2D eigenvalue weighted by molar-refractivity contribution is -0.0591. The van der Waals surface area contributed by atoms with Crippen LogP contribution in [0.15, 0.2) is 29.3 Å². The lowest BCUT2D eigenvalue weighted by atomic mass is 10.3. The molecule has 14 heavy (non-hydrogen) atoms. The highest BCUT2D eigenvalue weighted by Crippen LogP contribution is 2.22. The Morgan fingerprint density at radius 3 is 2.14 bits per heavy atom. The van der Waals surface area contributed by atoms with Gasteiger partial charge in [0.05, 0.1) is 5.69 Å². The quantitative estimate of drug-likeness (QED) is 0.636. The molecule has 0 radical (unpaired) electrons. The summed E-state index contributed by atoms with van der Waals surface area (Å²) in [5.41, 5.74) is -0.635. The van der Waals surface area contributed by atoms with Crippen molar-refractivity contribution in [3.8, 4) is 0 Å². The highest BCUT2D eigenvalue weighted by molar-refractivity contribution is 6.30. The van der Waals surface area contributed by atoms with Gasteiger partial charge in [0, 0.05) is 5.02 Å². The van der Waals surface area contributed by atoms with E-state index in [9.17, 15) is 13.2 Å². The van der Waals surface area contributed by atoms with E-state index < -0.39 is 11.9 Å². The van der Waals surface area contributed by atoms with Crippen molar-refractivity contribution in [2.45, 2.75) is 13.1 Å². The molecule has 0 aliphatic heterocycles. The molecule has 0 aliphatic carbocycles. The number of nitrogens with zero attached hydrogens (tertiary/aromatic N) is 1. The molecular weight excluding hydrogens is 215 g/mol. The van der Waals surface area contributed by atoms with Crippen molar-refractivity contribution < 1.29 is 13.2 Å². The minimum Gasteiger partial charge on any atom is -0.249 e. The van der Waals surface area contributed by atoms with Gasteiger partial charge < -0.3 is 0 Å². The van der Waals surface area contributed by atoms with E-state index in [-0.39, 0.29) is 5.69 Å². The molecule has 0 saturated heterocycles. The fourth-order valence-corrected chi connectivity index (χ4v) is 0.899. The molecule has 76 valence electrons. The summed E-state index contributed by atoms with van der Waals surface area (Å²) in [5.74, 6) is 0. The first-order valence-corrected chi connectivity index (χ1v) is 4.15. The van der Waals surface area contributed by atoms with Crippen molar-refractivity contribution in [3.63, 3.8) is 0 Å². The normalized spacial score (nSPS) is 13.1. The fraction of sp³-hybridized carbons (Fsp3) is 0.222. The molecule has 0 fully saturated rings. The summed E-state index contributed by atoms with van der Waals surface area (Å²) in [6, 6.07) is 5.84. The summed E-state index contributed by atoms with van der Waals surface area (Å²) < 4.78 is 36.2. The molecule has 1 rings (SSSR count). The van der Waals surface area contributed by atoms with Crippen LogP contribution in [0.2, 0.25) is 5.02 Å². The number of hydrogen-bond donors (Lipinski definition) is 0. The molecule has 1 nitrogen and oxygen atoms in total. The Hall–Kier alpha value is -1.03. The van der Waals surface area contributed by atoms with Gasteiger partial charge in [-0.25, -0.2) is 4.99 Å². The molecule has 0 bridgehead atoms. The van der Waals surface area contributed by atoms with Gasteiger partial charge in [-0.15, -0.1) is 0 Å². The van der Waals surface area contributed by atoms with Crippen molar-refractivity contribution in [1.29, 1.82) is 0 Å². The first-order valence-electron chi connectivity index (χ1n) is 3.77. The molecule has 0 aliphatic rings. The smallest absolute Gasteiger partial charge is 0.249 e. The summed E-state index contributed by atoms with van der Waals surface area (Å²) in [4.78, 5) is 3.40. The van der Waals surface area contributed by atoms with Crippen molar-refractivity contribution >= 4 is 23.0 Å². The number of hydrogen-bond acceptors (Lipinski definition) is 1. The largest absolute Gasteiger partial charge is 0.429 e. The van der Waals surface area contributed by atoms with Gasteiger partial charge in [-0.2, -0.15) is 13.2 Å². The van der Waals surface area contributed by atoms with Gasteiger partial charge in [-0.3, -0.25) is 0 Å². The van der Waals surface area contributed by atoms with Crippen LogP contribution in [0.1, 0.15) is 6.92 Å². The Labute approximate surface area is 84.2 Å². The Bertz CT molecular complexity index is 340. The summed E-state index contributed by atoms with van der Waals surface area (Å²) in [7, 11) is 0. The van der Waals surface area contributed by atoms with Crippen LogP contribution in [0.3, 0.4) is 0 Å². The zero-order chi connectivity index (χ0) is 10.8. The summed E-state index contributed by atoms with van der Waals surface area (Å²) in [6.45, 7) is 0.925. The van der Waals surface area contributed by atoms with Gasteiger partial charge in [-0.05, 0) is 31.2 Å². The van der Waals surface area contributed by atoms with E-state index in [1.807, 2.05) is 0 Å². The first kappa shape index (κ1) is 11.0. The predicted molar refractivity (Wildman–Crippen MR) is 50.3 cm³/mol. The molecule has 0 amide bonds. The second-order valence-corrected chi connectivity index (χ2v) is 3.11. The van der Waals surface area contributed by atoms with E-state index in [2.05, 4.69) is 4.99 Å². The van der Waals surface area contributed by atoms with E-state index in [4.69, 9.17) is 11.6 Å². The van der Waals surface area contributed by atoms with Crippen LogP contribution in [0.4, 0.5) is 18.9 Å². The summed E-state index contributed by atoms with van der Waals surface area (Å²) >= 11 is 5.57. The zero-order valence-corrected chi connectivity index (χ0v) is 8.02. The van der Waals surface area contributed by atoms with Crippen LogP contribution in [0.25, 0.3) is 0 Å². The molecule has 1 aromatic rings. The third-order valence-electron chi connectivity index (χ3n) is 1.53. The zero-order valence-electron chi connectivity index (χ0n) is 7.27. The Morgan fingerprint density at radius 1 is 1.21 bits per heavy atom. The third kappa shape index (κ3) is 3.03. The van der Waals surface area contributed by atoms with Crippen LogP contribution >= 0.6 is 11.6 Å². The lowest BCUT2D eigenvalue weighted by Gasteiger charge is -2.04. The second kappa shape index (κ2) is 4.00. The second-order valence-electron chi connectivity index (χ2n) is 2.67. The molecule has 0 atom stereocenters. The predicted octanol–water partition coefficient (Wildman–Crippen LogP) is 3.99. The highest BCUT2D eigenvalue weighted by atomic mass is 35.5. The minimum atomic E-state index is -4.38. The van der Waals surface area contributed by atoms with Gasteiger partial charge in [0.15, 0.2) is 0 Å². The van der Waals surface area contributed by atoms with E-state index in [0.29, 0.717) is 5.02 Å². The third-order valence-corrected chi connectivity index (χ3v) is 1.79. The first-order chi connectivity index (χ1) is 6.39. The van der Waals surface area contributed by atoms with Crippen molar-refractivity contribution in [2.24, 2.45) is 4.99 Å². The minimum absolute atomic E-state index is 0.240. The molecule has 0 N–H and O–H groups in total. The molecule has 0 unspecified atom stereocenters. The maximum atomic E-state index is 12.1. The Morgan fingerprint density at radius 2 is 1.71 bits per heavy atom. The standard InChI is InChI=1S/C9H7ClF3N/c1-6(9(11,12)13)14-8-4-2-7(10)3-5-8/h2-5H,1H3. The average molecular weight is 222 g/mol. The van der Waals surface area contributed by atoms with Crippen molar-refractivity contribution in [3.05, 3.63) is 29.3 Å². The van der Waals surface area contributed by atoms with Gasteiger partial charge in [0.1, 0.15) is 5.71 Å². The Balaban J connectivity index is 2.93. The monoisotopic (exact) mass is 221 g/mol. The van der Waals surface area contributed by atoms with Crippen LogP contribution in [-0.4, -0.2) is 11.9 Å². The van der Waals surface area contributed by atoms with E-state index >= 15 is 0 Å². The molecule has 0 saturated carbocycles. The molecule has 0 heterocycles.